The predicted octanol–water partition coefficient (Wildman–Crippen LogP) is 6.36. The minimum Gasteiger partial charge on any atom is -0.494 e. The van der Waals surface area contributed by atoms with Crippen LogP contribution >= 0.6 is 0 Å². The first-order chi connectivity index (χ1) is 18.7. The third-order valence-electron chi connectivity index (χ3n) is 6.80. The molecule has 0 radical (unpaired) electrons. The summed E-state index contributed by atoms with van der Waals surface area (Å²) in [5, 5.41) is 4.29. The number of nitrogens with one attached hydrogen (secondary N) is 1. The van der Waals surface area contributed by atoms with Gasteiger partial charge in [0.25, 0.3) is 0 Å². The Morgan fingerprint density at radius 3 is 2.45 bits per heavy atom. The molecule has 0 fully saturated rings. The van der Waals surface area contributed by atoms with Crippen molar-refractivity contribution in [2.45, 2.75) is 32.2 Å². The van der Waals surface area contributed by atoms with Gasteiger partial charge in [-0.15, -0.1) is 0 Å². The Morgan fingerprint density at radius 1 is 0.921 bits per heavy atom. The predicted molar refractivity (Wildman–Crippen MR) is 153 cm³/mol. The molecule has 5 aromatic rings. The molecule has 5 heteroatoms. The fraction of sp³-hybridized carbons (Fsp3) is 0.212. The van der Waals surface area contributed by atoms with Crippen LogP contribution in [0.1, 0.15) is 41.6 Å². The van der Waals surface area contributed by atoms with Gasteiger partial charge < -0.3 is 14.6 Å². The van der Waals surface area contributed by atoms with E-state index in [1.54, 1.807) is 6.20 Å². The monoisotopic (exact) mass is 503 g/mol. The molecule has 192 valence electrons. The van der Waals surface area contributed by atoms with Gasteiger partial charge in [0.1, 0.15) is 5.75 Å². The number of ether oxygens (including phenoxy) is 1. The zero-order valence-electron chi connectivity index (χ0n) is 21.7. The van der Waals surface area contributed by atoms with E-state index in [4.69, 9.17) is 4.74 Å². The van der Waals surface area contributed by atoms with Crippen molar-refractivity contribution in [1.82, 2.24) is 14.9 Å². The summed E-state index contributed by atoms with van der Waals surface area (Å²) in [7, 11) is 0. The van der Waals surface area contributed by atoms with Crippen LogP contribution < -0.4 is 10.1 Å². The molecule has 3 aromatic carbocycles. The summed E-state index contributed by atoms with van der Waals surface area (Å²) in [5.74, 6) is 0.767. The maximum absolute atomic E-state index is 13.2. The number of fused-ring (bicyclic) bond motifs is 1. The van der Waals surface area contributed by atoms with Crippen LogP contribution in [0.15, 0.2) is 109 Å². The van der Waals surface area contributed by atoms with E-state index in [0.29, 0.717) is 26.0 Å². The van der Waals surface area contributed by atoms with Gasteiger partial charge in [-0.3, -0.25) is 9.78 Å². The van der Waals surface area contributed by atoms with Gasteiger partial charge in [-0.05, 0) is 53.9 Å². The van der Waals surface area contributed by atoms with Gasteiger partial charge in [0.15, 0.2) is 0 Å². The summed E-state index contributed by atoms with van der Waals surface area (Å²) < 4.78 is 7.97. The van der Waals surface area contributed by atoms with Crippen LogP contribution in [0.3, 0.4) is 0 Å². The highest BCUT2D eigenvalue weighted by molar-refractivity contribution is 5.86. The summed E-state index contributed by atoms with van der Waals surface area (Å²) in [5.41, 5.74) is 5.62. The lowest BCUT2D eigenvalue weighted by Crippen LogP contribution is -2.27. The van der Waals surface area contributed by atoms with Crippen molar-refractivity contribution in [2.75, 3.05) is 13.2 Å². The number of benzene rings is 3. The summed E-state index contributed by atoms with van der Waals surface area (Å²) in [6.45, 7) is 3.93. The number of nitrogens with zero attached hydrogens (tertiary/aromatic N) is 2. The minimum absolute atomic E-state index is 0.0275. The summed E-state index contributed by atoms with van der Waals surface area (Å²) in [6, 6.07) is 32.9. The van der Waals surface area contributed by atoms with E-state index in [0.717, 1.165) is 34.6 Å². The molecule has 38 heavy (non-hydrogen) atoms. The number of hydrogen-bond acceptors (Lipinski definition) is 3. The Kier molecular flexibility index (Phi) is 8.14. The Morgan fingerprint density at radius 2 is 1.68 bits per heavy atom. The molecular formula is C33H33N3O2. The maximum Gasteiger partial charge on any atom is 0.220 e. The van der Waals surface area contributed by atoms with Crippen LogP contribution in [-0.2, 0) is 17.8 Å². The van der Waals surface area contributed by atoms with Crippen LogP contribution in [0, 0.1) is 0 Å². The second-order valence-electron chi connectivity index (χ2n) is 9.39. The van der Waals surface area contributed by atoms with Crippen LogP contribution in [-0.4, -0.2) is 28.6 Å². The molecule has 0 saturated heterocycles. The van der Waals surface area contributed by atoms with Crippen molar-refractivity contribution in [3.8, 4) is 5.75 Å². The van der Waals surface area contributed by atoms with Crippen LogP contribution in [0.5, 0.6) is 5.75 Å². The van der Waals surface area contributed by atoms with Gasteiger partial charge in [0, 0.05) is 60.8 Å². The molecule has 1 amide bonds. The number of hydrogen-bond donors (Lipinski definition) is 1. The quantitative estimate of drug-likeness (QED) is 0.228. The molecule has 0 bridgehead atoms. The average molecular weight is 504 g/mol. The van der Waals surface area contributed by atoms with Crippen molar-refractivity contribution in [1.29, 1.82) is 0 Å². The average Bonchev–Trinajstić information content (AvgIpc) is 3.31. The maximum atomic E-state index is 13.2. The second kappa shape index (κ2) is 12.2. The highest BCUT2D eigenvalue weighted by Gasteiger charge is 2.23. The highest BCUT2D eigenvalue weighted by Crippen LogP contribution is 2.35. The number of amides is 1. The first-order valence-electron chi connectivity index (χ1n) is 13.2. The van der Waals surface area contributed by atoms with E-state index in [9.17, 15) is 4.79 Å². The molecule has 5 nitrogen and oxygen atoms in total. The normalized spacial score (nSPS) is 11.8. The van der Waals surface area contributed by atoms with E-state index >= 15 is 0 Å². The first kappa shape index (κ1) is 25.3. The molecule has 5 rings (SSSR count). The molecule has 0 saturated carbocycles. The topological polar surface area (TPSA) is 56.1 Å². The SMILES string of the molecule is CCOc1ccc(C(CC(=O)NCCc2ccccn2)c2cn(Cc3ccccc3)c3ccccc23)cc1. The van der Waals surface area contributed by atoms with Gasteiger partial charge in [0.2, 0.25) is 5.91 Å². The number of rotatable bonds is 11. The minimum atomic E-state index is -0.0950. The van der Waals surface area contributed by atoms with Gasteiger partial charge in [-0.1, -0.05) is 66.7 Å². The van der Waals surface area contributed by atoms with Gasteiger partial charge in [-0.2, -0.15) is 0 Å². The third kappa shape index (κ3) is 6.12. The molecule has 2 heterocycles. The first-order valence-corrected chi connectivity index (χ1v) is 13.2. The smallest absolute Gasteiger partial charge is 0.220 e. The van der Waals surface area contributed by atoms with E-state index in [2.05, 4.69) is 81.7 Å². The van der Waals surface area contributed by atoms with Crippen molar-refractivity contribution < 1.29 is 9.53 Å². The molecule has 0 spiro atoms. The number of pyridine rings is 1. The molecule has 1 N–H and O–H groups in total. The largest absolute Gasteiger partial charge is 0.494 e. The Balaban J connectivity index is 1.44. The van der Waals surface area contributed by atoms with Crippen LogP contribution in [0.25, 0.3) is 10.9 Å². The fourth-order valence-electron chi connectivity index (χ4n) is 4.97. The summed E-state index contributed by atoms with van der Waals surface area (Å²) >= 11 is 0. The molecule has 1 atom stereocenters. The molecule has 2 aromatic heterocycles. The Labute approximate surface area is 224 Å². The molecule has 1 unspecified atom stereocenters. The lowest BCUT2D eigenvalue weighted by molar-refractivity contribution is -0.121. The Hall–Kier alpha value is -4.38. The second-order valence-corrected chi connectivity index (χ2v) is 9.39. The molecule has 0 aliphatic rings. The van der Waals surface area contributed by atoms with Crippen molar-refractivity contribution in [2.24, 2.45) is 0 Å². The summed E-state index contributed by atoms with van der Waals surface area (Å²) in [6.07, 6.45) is 5.07. The number of carbonyl (C=O) groups excluding carboxylic acids is 1. The number of para-hydroxylation sites is 1. The highest BCUT2D eigenvalue weighted by atomic mass is 16.5. The van der Waals surface area contributed by atoms with E-state index in [1.165, 1.54) is 10.9 Å². The zero-order chi connectivity index (χ0) is 26.2. The van der Waals surface area contributed by atoms with Gasteiger partial charge in [-0.25, -0.2) is 0 Å². The molecular weight excluding hydrogens is 470 g/mol. The third-order valence-corrected chi connectivity index (χ3v) is 6.80. The fourth-order valence-corrected chi connectivity index (χ4v) is 4.97. The van der Waals surface area contributed by atoms with E-state index in [-0.39, 0.29) is 11.8 Å². The lowest BCUT2D eigenvalue weighted by Gasteiger charge is -2.18. The van der Waals surface area contributed by atoms with Gasteiger partial charge >= 0.3 is 0 Å². The summed E-state index contributed by atoms with van der Waals surface area (Å²) in [4.78, 5) is 17.6. The zero-order valence-corrected chi connectivity index (χ0v) is 21.7. The standard InChI is InChI=1S/C33H33N3O2/c1-2-38-28-17-15-26(16-18-28)30(22-33(37)35-21-19-27-12-8-9-20-34-27)31-24-36(23-25-10-4-3-5-11-25)32-14-7-6-13-29(31)32/h3-18,20,24,30H,2,19,21-23H2,1H3,(H,35,37). The van der Waals surface area contributed by atoms with E-state index in [1.807, 2.05) is 43.3 Å². The molecule has 0 aliphatic carbocycles. The van der Waals surface area contributed by atoms with Crippen molar-refractivity contribution >= 4 is 16.8 Å². The number of carbonyl (C=O) groups is 1. The van der Waals surface area contributed by atoms with E-state index < -0.39 is 0 Å². The number of aromatic nitrogens is 2. The van der Waals surface area contributed by atoms with Crippen LogP contribution in [0.4, 0.5) is 0 Å². The van der Waals surface area contributed by atoms with Crippen molar-refractivity contribution in [3.05, 3.63) is 132 Å². The lowest BCUT2D eigenvalue weighted by atomic mass is 9.88. The van der Waals surface area contributed by atoms with Crippen molar-refractivity contribution in [3.63, 3.8) is 0 Å². The van der Waals surface area contributed by atoms with Gasteiger partial charge in [0.05, 0.1) is 6.61 Å². The molecule has 0 aliphatic heterocycles. The Bertz CT molecular complexity index is 1460. The van der Waals surface area contributed by atoms with Crippen LogP contribution in [0.2, 0.25) is 0 Å².